The molecule has 0 spiro atoms. The van der Waals surface area contributed by atoms with Crippen LogP contribution < -0.4 is 11.1 Å². The summed E-state index contributed by atoms with van der Waals surface area (Å²) in [7, 11) is 0. The Morgan fingerprint density at radius 3 is 2.71 bits per heavy atom. The fourth-order valence-electron chi connectivity index (χ4n) is 3.45. The van der Waals surface area contributed by atoms with E-state index in [1.807, 2.05) is 12.1 Å². The zero-order valence-corrected chi connectivity index (χ0v) is 16.3. The smallest absolute Gasteiger partial charge is 0.274 e. The zero-order valence-electron chi connectivity index (χ0n) is 16.3. The minimum atomic E-state index is -1.12. The molecule has 3 N–H and O–H groups in total. The fraction of sp³-hybridized carbons (Fsp3) is 0.143. The van der Waals surface area contributed by atoms with E-state index in [0.29, 0.717) is 16.9 Å². The molecule has 10 heteroatoms. The molecular weight excluding hydrogens is 399 g/mol. The van der Waals surface area contributed by atoms with Crippen molar-refractivity contribution in [1.29, 1.82) is 10.5 Å². The second kappa shape index (κ2) is 7.35. The van der Waals surface area contributed by atoms with E-state index in [1.165, 1.54) is 42.7 Å². The van der Waals surface area contributed by atoms with Crippen LogP contribution in [0.15, 0.2) is 47.7 Å². The number of nitrogens with one attached hydrogen (secondary N) is 1. The molecule has 2 aromatic heterocycles. The molecule has 3 aromatic rings. The number of nitriles is 2. The second-order valence-electron chi connectivity index (χ2n) is 7.13. The van der Waals surface area contributed by atoms with Crippen molar-refractivity contribution in [3.63, 3.8) is 0 Å². The Morgan fingerprint density at radius 1 is 1.23 bits per heavy atom. The largest absolute Gasteiger partial charge is 0.382 e. The number of carbonyl (C=O) groups excluding carboxylic acids is 1. The number of halogens is 1. The number of hydrogen-bond acceptors (Lipinski definition) is 7. The SMILES string of the molecule is C[C@@]1(c2cc(NC(=O)c3ccc(C#N)cn3)ccc2F)Cn2c(cnc2C#N)C(N)=N1. The lowest BCUT2D eigenvalue weighted by Crippen LogP contribution is -2.37. The molecule has 0 fully saturated rings. The molecule has 0 saturated carbocycles. The molecule has 31 heavy (non-hydrogen) atoms. The number of benzene rings is 1. The Kier molecular flexibility index (Phi) is 4.68. The Labute approximate surface area is 176 Å². The van der Waals surface area contributed by atoms with Crippen molar-refractivity contribution in [1.82, 2.24) is 14.5 Å². The van der Waals surface area contributed by atoms with Crippen LogP contribution in [0.2, 0.25) is 0 Å². The van der Waals surface area contributed by atoms with Gasteiger partial charge < -0.3 is 15.6 Å². The number of aromatic nitrogens is 3. The number of pyridine rings is 1. The van der Waals surface area contributed by atoms with Crippen LogP contribution in [-0.4, -0.2) is 26.3 Å². The fourth-order valence-corrected chi connectivity index (χ4v) is 3.45. The minimum Gasteiger partial charge on any atom is -0.382 e. The van der Waals surface area contributed by atoms with Crippen LogP contribution in [0.4, 0.5) is 10.1 Å². The summed E-state index contributed by atoms with van der Waals surface area (Å²) in [5.41, 5.74) is 6.39. The highest BCUT2D eigenvalue weighted by Gasteiger charge is 2.36. The summed E-state index contributed by atoms with van der Waals surface area (Å²) in [5.74, 6) is -0.757. The van der Waals surface area contributed by atoms with Crippen molar-refractivity contribution in [2.45, 2.75) is 19.0 Å². The van der Waals surface area contributed by atoms with Crippen molar-refractivity contribution >= 4 is 17.4 Å². The summed E-state index contributed by atoms with van der Waals surface area (Å²) < 4.78 is 16.4. The normalized spacial score (nSPS) is 17.1. The first-order chi connectivity index (χ1) is 14.8. The zero-order chi connectivity index (χ0) is 22.2. The van der Waals surface area contributed by atoms with Crippen LogP contribution in [0, 0.1) is 28.5 Å². The molecule has 4 rings (SSSR count). The summed E-state index contributed by atoms with van der Waals surface area (Å²) in [6, 6.07) is 10.9. The van der Waals surface area contributed by atoms with Crippen molar-refractivity contribution < 1.29 is 9.18 Å². The third-order valence-corrected chi connectivity index (χ3v) is 4.98. The predicted molar refractivity (Wildman–Crippen MR) is 108 cm³/mol. The summed E-state index contributed by atoms with van der Waals surface area (Å²) in [6.45, 7) is 1.84. The average molecular weight is 414 g/mol. The molecule has 1 aliphatic heterocycles. The summed E-state index contributed by atoms with van der Waals surface area (Å²) in [6.07, 6.45) is 2.75. The Balaban J connectivity index is 1.66. The van der Waals surface area contributed by atoms with Gasteiger partial charge in [0.2, 0.25) is 5.82 Å². The molecule has 0 unspecified atom stereocenters. The minimum absolute atomic E-state index is 0.109. The van der Waals surface area contributed by atoms with Gasteiger partial charge in [0.05, 0.1) is 18.3 Å². The van der Waals surface area contributed by atoms with Crippen LogP contribution in [0.25, 0.3) is 0 Å². The number of amidine groups is 1. The summed E-state index contributed by atoms with van der Waals surface area (Å²) >= 11 is 0. The lowest BCUT2D eigenvalue weighted by molar-refractivity contribution is 0.102. The number of nitrogens with two attached hydrogens (primary N) is 1. The van der Waals surface area contributed by atoms with E-state index in [9.17, 15) is 14.4 Å². The molecule has 1 aliphatic rings. The van der Waals surface area contributed by atoms with Gasteiger partial charge in [-0.2, -0.15) is 10.5 Å². The summed E-state index contributed by atoms with van der Waals surface area (Å²) in [5, 5.41) is 20.8. The number of carbonyl (C=O) groups is 1. The van der Waals surface area contributed by atoms with Gasteiger partial charge in [0.25, 0.3) is 5.91 Å². The first kappa shape index (κ1) is 19.7. The molecule has 0 saturated heterocycles. The third kappa shape index (κ3) is 3.47. The van der Waals surface area contributed by atoms with Gasteiger partial charge >= 0.3 is 0 Å². The van der Waals surface area contributed by atoms with Gasteiger partial charge in [-0.25, -0.2) is 14.4 Å². The van der Waals surface area contributed by atoms with Gasteiger partial charge in [0.15, 0.2) is 0 Å². The van der Waals surface area contributed by atoms with E-state index in [4.69, 9.17) is 11.0 Å². The quantitative estimate of drug-likeness (QED) is 0.671. The molecule has 1 atom stereocenters. The van der Waals surface area contributed by atoms with Crippen molar-refractivity contribution in [2.75, 3.05) is 5.32 Å². The number of fused-ring (bicyclic) bond motifs is 1. The highest BCUT2D eigenvalue weighted by atomic mass is 19.1. The van der Waals surface area contributed by atoms with Gasteiger partial charge in [-0.15, -0.1) is 0 Å². The highest BCUT2D eigenvalue weighted by molar-refractivity contribution is 6.03. The standard InChI is InChI=1S/C21H15FN8O/c1-21(11-30-17(19(25)29-21)10-27-18(30)8-24)14-6-13(3-4-15(14)22)28-20(31)16-5-2-12(7-23)9-26-16/h2-6,9-10H,11H2,1H3,(H2,25,29)(H,28,31)/t21-/m0/s1. The van der Waals surface area contributed by atoms with E-state index in [1.54, 1.807) is 11.5 Å². The number of imidazole rings is 1. The van der Waals surface area contributed by atoms with Crippen LogP contribution in [0.1, 0.15) is 40.1 Å². The topological polar surface area (TPSA) is 146 Å². The molecule has 152 valence electrons. The van der Waals surface area contributed by atoms with E-state index < -0.39 is 17.3 Å². The lowest BCUT2D eigenvalue weighted by atomic mass is 9.90. The molecule has 3 heterocycles. The molecule has 1 amide bonds. The molecule has 0 bridgehead atoms. The van der Waals surface area contributed by atoms with Gasteiger partial charge in [-0.05, 0) is 37.3 Å². The van der Waals surface area contributed by atoms with Gasteiger partial charge in [-0.1, -0.05) is 0 Å². The maximum atomic E-state index is 14.8. The van der Waals surface area contributed by atoms with Crippen LogP contribution in [0.3, 0.4) is 0 Å². The summed E-state index contributed by atoms with van der Waals surface area (Å²) in [4.78, 5) is 24.9. The van der Waals surface area contributed by atoms with Crippen molar-refractivity contribution in [3.8, 4) is 12.1 Å². The number of amides is 1. The van der Waals surface area contributed by atoms with E-state index in [2.05, 4.69) is 20.3 Å². The molecule has 9 nitrogen and oxygen atoms in total. The number of aliphatic imine (C=N–C) groups is 1. The van der Waals surface area contributed by atoms with Crippen molar-refractivity contribution in [2.24, 2.45) is 10.7 Å². The second-order valence-corrected chi connectivity index (χ2v) is 7.13. The maximum absolute atomic E-state index is 14.8. The molecule has 0 radical (unpaired) electrons. The molecular formula is C21H15FN8O. The van der Waals surface area contributed by atoms with Crippen LogP contribution >= 0.6 is 0 Å². The van der Waals surface area contributed by atoms with Gasteiger partial charge in [-0.3, -0.25) is 9.79 Å². The first-order valence-corrected chi connectivity index (χ1v) is 9.13. The monoisotopic (exact) mass is 414 g/mol. The molecule has 1 aromatic carbocycles. The number of rotatable bonds is 3. The van der Waals surface area contributed by atoms with Crippen LogP contribution in [0.5, 0.6) is 0 Å². The Morgan fingerprint density at radius 2 is 2.03 bits per heavy atom. The van der Waals surface area contributed by atoms with Gasteiger partial charge in [0.1, 0.15) is 40.7 Å². The Bertz CT molecular complexity index is 1310. The number of hydrogen-bond donors (Lipinski definition) is 2. The molecule has 0 aliphatic carbocycles. The maximum Gasteiger partial charge on any atom is 0.274 e. The first-order valence-electron chi connectivity index (χ1n) is 9.13. The number of anilines is 1. The lowest BCUT2D eigenvalue weighted by Gasteiger charge is -2.32. The average Bonchev–Trinajstić information content (AvgIpc) is 3.18. The predicted octanol–water partition coefficient (Wildman–Crippen LogP) is 2.05. The highest BCUT2D eigenvalue weighted by Crippen LogP contribution is 2.35. The Hall–Kier alpha value is -4.57. The third-order valence-electron chi connectivity index (χ3n) is 4.98. The van der Waals surface area contributed by atoms with E-state index >= 15 is 0 Å². The van der Waals surface area contributed by atoms with Crippen molar-refractivity contribution in [3.05, 3.63) is 76.9 Å². The van der Waals surface area contributed by atoms with Crippen LogP contribution in [-0.2, 0) is 12.1 Å². The number of nitrogens with zero attached hydrogens (tertiary/aromatic N) is 6. The van der Waals surface area contributed by atoms with E-state index in [0.717, 1.165) is 0 Å². The van der Waals surface area contributed by atoms with Gasteiger partial charge in [0, 0.05) is 17.4 Å². The van der Waals surface area contributed by atoms with E-state index in [-0.39, 0.29) is 29.5 Å².